The lowest BCUT2D eigenvalue weighted by Crippen LogP contribution is -2.73. The molecule has 1 aromatic carbocycles. The maximum Gasteiger partial charge on any atom is 0.427 e. The minimum absolute atomic E-state index is 0.0289. The standard InChI is InChI=1S/C21H18B2F5N7O3/c22-20(23,19(37,18(29)36)21(26,27)28)32-16-12(25)8-30-17(31-16)14-7-15(13-5-6-38-34-13)35(33-14)9-10-3-1-2-4-11(10)24/h1-8,37H,9,22-23H2,(H2,29,36)(H,30,31,32)/t19-/m0/s1. The van der Waals surface area contributed by atoms with Crippen LogP contribution in [-0.4, -0.2) is 68.7 Å². The fraction of sp³-hybridized carbons (Fsp3) is 0.190. The van der Waals surface area contributed by atoms with Crippen molar-refractivity contribution in [1.82, 2.24) is 24.9 Å². The summed E-state index contributed by atoms with van der Waals surface area (Å²) in [5.41, 5.74) is 1.76. The van der Waals surface area contributed by atoms with Crippen molar-refractivity contribution in [3.63, 3.8) is 0 Å². The number of amides is 1. The number of nitrogens with one attached hydrogen (secondary N) is 1. The summed E-state index contributed by atoms with van der Waals surface area (Å²) in [6.07, 6.45) is -3.53. The molecule has 38 heavy (non-hydrogen) atoms. The van der Waals surface area contributed by atoms with Crippen LogP contribution in [-0.2, 0) is 11.3 Å². The lowest BCUT2D eigenvalue weighted by atomic mass is 9.52. The maximum absolute atomic E-state index is 14.6. The van der Waals surface area contributed by atoms with Crippen LogP contribution < -0.4 is 11.1 Å². The Morgan fingerprint density at radius 1 is 1.13 bits per heavy atom. The molecule has 17 heteroatoms. The van der Waals surface area contributed by atoms with Gasteiger partial charge in [-0.1, -0.05) is 23.4 Å². The zero-order valence-electron chi connectivity index (χ0n) is 19.8. The first-order chi connectivity index (χ1) is 17.7. The number of carbonyl (C=O) groups excluding carboxylic acids is 1. The first-order valence-corrected chi connectivity index (χ1v) is 10.9. The Balaban J connectivity index is 1.75. The summed E-state index contributed by atoms with van der Waals surface area (Å²) in [6, 6.07) is 8.93. The van der Waals surface area contributed by atoms with Crippen LogP contribution in [0.1, 0.15) is 5.56 Å². The van der Waals surface area contributed by atoms with Crippen LogP contribution in [0.15, 0.2) is 53.4 Å². The van der Waals surface area contributed by atoms with Crippen LogP contribution in [0.4, 0.5) is 27.8 Å². The van der Waals surface area contributed by atoms with Crippen molar-refractivity contribution >= 4 is 27.4 Å². The van der Waals surface area contributed by atoms with Gasteiger partial charge in [0.1, 0.15) is 39.2 Å². The SMILES string of the molecule is BC(B)(Nc1nc(-c2cc(-c3ccon3)n(Cc3ccccc3F)n2)ncc1F)[C@@](O)(C(N)=O)C(F)(F)F. The smallest absolute Gasteiger partial charge is 0.374 e. The first-order valence-electron chi connectivity index (χ1n) is 10.9. The van der Waals surface area contributed by atoms with Crippen LogP contribution in [0.3, 0.4) is 0 Å². The van der Waals surface area contributed by atoms with Gasteiger partial charge in [-0.25, -0.2) is 18.7 Å². The van der Waals surface area contributed by atoms with Crippen LogP contribution >= 0.6 is 0 Å². The van der Waals surface area contributed by atoms with Gasteiger partial charge < -0.3 is 20.7 Å². The molecule has 0 saturated carbocycles. The number of carbonyl (C=O) groups is 1. The minimum atomic E-state index is -5.50. The molecule has 0 unspecified atom stereocenters. The summed E-state index contributed by atoms with van der Waals surface area (Å²) in [6.45, 7) is -0.0502. The van der Waals surface area contributed by atoms with Crippen molar-refractivity contribution in [2.45, 2.75) is 23.7 Å². The van der Waals surface area contributed by atoms with E-state index in [-0.39, 0.29) is 23.6 Å². The number of alkyl halides is 3. The number of aromatic nitrogens is 5. The van der Waals surface area contributed by atoms with Gasteiger partial charge in [-0.2, -0.15) is 18.3 Å². The second-order valence-electron chi connectivity index (χ2n) is 8.76. The van der Waals surface area contributed by atoms with Crippen molar-refractivity contribution in [2.75, 3.05) is 5.32 Å². The van der Waals surface area contributed by atoms with E-state index in [1.807, 2.05) is 0 Å². The molecule has 1 atom stereocenters. The average Bonchev–Trinajstić information content (AvgIpc) is 3.50. The number of aliphatic hydroxyl groups is 1. The molecule has 0 fully saturated rings. The Bertz CT molecular complexity index is 1480. The molecule has 0 spiro atoms. The molecule has 10 nitrogen and oxygen atoms in total. The Kier molecular flexibility index (Phi) is 6.73. The molecular weight excluding hydrogens is 515 g/mol. The highest BCUT2D eigenvalue weighted by atomic mass is 19.4. The van der Waals surface area contributed by atoms with Gasteiger partial charge in [-0.15, -0.1) is 0 Å². The summed E-state index contributed by atoms with van der Waals surface area (Å²) < 4.78 is 76.0. The molecule has 0 aliphatic heterocycles. The molecule has 1 amide bonds. The molecule has 0 radical (unpaired) electrons. The van der Waals surface area contributed by atoms with Gasteiger partial charge in [0.15, 0.2) is 17.5 Å². The van der Waals surface area contributed by atoms with Gasteiger partial charge in [0, 0.05) is 17.0 Å². The number of anilines is 1. The molecule has 4 rings (SSSR count). The van der Waals surface area contributed by atoms with E-state index in [9.17, 15) is 31.9 Å². The molecule has 0 bridgehead atoms. The summed E-state index contributed by atoms with van der Waals surface area (Å²) in [4.78, 5) is 19.4. The Morgan fingerprint density at radius 3 is 2.45 bits per heavy atom. The predicted molar refractivity (Wildman–Crippen MR) is 128 cm³/mol. The van der Waals surface area contributed by atoms with E-state index in [1.165, 1.54) is 35.2 Å². The van der Waals surface area contributed by atoms with E-state index in [0.29, 0.717) is 17.6 Å². The summed E-state index contributed by atoms with van der Waals surface area (Å²) in [5, 5.41) is 17.9. The third-order valence-corrected chi connectivity index (χ3v) is 5.83. The van der Waals surface area contributed by atoms with Crippen molar-refractivity contribution in [3.05, 3.63) is 66.1 Å². The summed E-state index contributed by atoms with van der Waals surface area (Å²) >= 11 is 0. The molecule has 3 aromatic heterocycles. The van der Waals surface area contributed by atoms with Crippen molar-refractivity contribution < 1.29 is 36.4 Å². The molecule has 0 aliphatic rings. The number of hydrogen-bond acceptors (Lipinski definition) is 8. The topological polar surface area (TPSA) is 145 Å². The Hall–Kier alpha value is -4.27. The largest absolute Gasteiger partial charge is 0.427 e. The molecule has 0 aliphatic carbocycles. The molecule has 0 saturated heterocycles. The first kappa shape index (κ1) is 26.8. The molecule has 196 valence electrons. The van der Waals surface area contributed by atoms with Crippen LogP contribution in [0.25, 0.3) is 22.9 Å². The van der Waals surface area contributed by atoms with Crippen LogP contribution in [0.2, 0.25) is 0 Å². The van der Waals surface area contributed by atoms with Gasteiger partial charge in [-0.3, -0.25) is 9.48 Å². The highest BCUT2D eigenvalue weighted by Gasteiger charge is 2.66. The second-order valence-corrected chi connectivity index (χ2v) is 8.76. The predicted octanol–water partition coefficient (Wildman–Crippen LogP) is 0.432. The number of nitrogens with zero attached hydrogens (tertiary/aromatic N) is 5. The third-order valence-electron chi connectivity index (χ3n) is 5.83. The highest BCUT2D eigenvalue weighted by molar-refractivity contribution is 6.44. The van der Waals surface area contributed by atoms with Gasteiger partial charge >= 0.3 is 6.18 Å². The van der Waals surface area contributed by atoms with E-state index in [0.717, 1.165) is 15.7 Å². The highest BCUT2D eigenvalue weighted by Crippen LogP contribution is 2.38. The fourth-order valence-corrected chi connectivity index (χ4v) is 3.75. The van der Waals surface area contributed by atoms with Crippen molar-refractivity contribution in [3.8, 4) is 22.9 Å². The molecule has 4 aromatic rings. The monoisotopic (exact) mass is 533 g/mol. The van der Waals surface area contributed by atoms with Crippen molar-refractivity contribution in [1.29, 1.82) is 0 Å². The van der Waals surface area contributed by atoms with E-state index < -0.39 is 40.5 Å². The Labute approximate surface area is 212 Å². The van der Waals surface area contributed by atoms with E-state index in [1.54, 1.807) is 12.1 Å². The number of benzene rings is 1. The van der Waals surface area contributed by atoms with Crippen molar-refractivity contribution in [2.24, 2.45) is 5.73 Å². The van der Waals surface area contributed by atoms with Crippen LogP contribution in [0, 0.1) is 11.6 Å². The van der Waals surface area contributed by atoms with Gasteiger partial charge in [0.2, 0.25) is 5.60 Å². The second kappa shape index (κ2) is 9.55. The molecular formula is C21H18B2F5N7O3. The molecule has 3 heterocycles. The number of halogens is 5. The lowest BCUT2D eigenvalue weighted by Gasteiger charge is -2.42. The third kappa shape index (κ3) is 4.71. The van der Waals surface area contributed by atoms with Crippen LogP contribution in [0.5, 0.6) is 0 Å². The lowest BCUT2D eigenvalue weighted by molar-refractivity contribution is -0.252. The van der Waals surface area contributed by atoms with Gasteiger partial charge in [0.05, 0.1) is 18.4 Å². The zero-order chi connectivity index (χ0) is 27.9. The van der Waals surface area contributed by atoms with Gasteiger partial charge in [0.25, 0.3) is 5.91 Å². The average molecular weight is 533 g/mol. The van der Waals surface area contributed by atoms with Gasteiger partial charge in [-0.05, 0) is 12.1 Å². The normalized spacial score (nSPS) is 13.7. The minimum Gasteiger partial charge on any atom is -0.374 e. The number of nitrogens with two attached hydrogens (primary N) is 1. The van der Waals surface area contributed by atoms with E-state index in [4.69, 9.17) is 10.3 Å². The number of hydrogen-bond donors (Lipinski definition) is 3. The van der Waals surface area contributed by atoms with E-state index >= 15 is 0 Å². The van der Waals surface area contributed by atoms with E-state index in [2.05, 4.69) is 25.5 Å². The quantitative estimate of drug-likeness (QED) is 0.219. The summed E-state index contributed by atoms with van der Waals surface area (Å²) in [7, 11) is 1.61. The number of primary amides is 1. The molecule has 4 N–H and O–H groups in total. The zero-order valence-corrected chi connectivity index (χ0v) is 19.8. The maximum atomic E-state index is 14.6. The summed E-state index contributed by atoms with van der Waals surface area (Å²) in [5.74, 6) is -4.78. The fourth-order valence-electron chi connectivity index (χ4n) is 3.75. The Morgan fingerprint density at radius 2 is 1.84 bits per heavy atom. The number of rotatable bonds is 8.